The number of rotatable bonds is 5. The number of piperidine rings is 1. The molecule has 1 N–H and O–H groups in total. The maximum atomic E-state index is 4.61. The van der Waals surface area contributed by atoms with Crippen molar-refractivity contribution in [1.29, 1.82) is 0 Å². The van der Waals surface area contributed by atoms with Crippen LogP contribution in [0.2, 0.25) is 0 Å². The molecule has 3 aromatic rings. The largest absolute Gasteiger partial charge is 0.341 e. The third kappa shape index (κ3) is 3.99. The summed E-state index contributed by atoms with van der Waals surface area (Å²) in [7, 11) is 0. The first kappa shape index (κ1) is 17.3. The van der Waals surface area contributed by atoms with Gasteiger partial charge in [0.1, 0.15) is 5.69 Å². The van der Waals surface area contributed by atoms with E-state index in [4.69, 9.17) is 0 Å². The third-order valence-electron chi connectivity index (χ3n) is 5.07. The van der Waals surface area contributed by atoms with Crippen LogP contribution in [-0.2, 0) is 13.0 Å². The Morgan fingerprint density at radius 2 is 1.92 bits per heavy atom. The molecular weight excluding hydrogens is 344 g/mol. The van der Waals surface area contributed by atoms with Gasteiger partial charge in [0.25, 0.3) is 0 Å². The molecule has 0 atom stereocenters. The summed E-state index contributed by atoms with van der Waals surface area (Å²) < 4.78 is 0. The Bertz CT molecular complexity index is 845. The summed E-state index contributed by atoms with van der Waals surface area (Å²) in [5, 5.41) is 0. The lowest BCUT2D eigenvalue weighted by molar-refractivity contribution is 0.177. The Balaban J connectivity index is 1.29. The molecule has 0 aromatic carbocycles. The molecule has 1 aliphatic heterocycles. The van der Waals surface area contributed by atoms with Crippen LogP contribution in [0.15, 0.2) is 24.1 Å². The smallest absolute Gasteiger partial charge is 0.157 e. The van der Waals surface area contributed by atoms with E-state index >= 15 is 0 Å². The van der Waals surface area contributed by atoms with Crippen LogP contribution < -0.4 is 0 Å². The van der Waals surface area contributed by atoms with Gasteiger partial charge >= 0.3 is 0 Å². The number of aromatic nitrogens is 5. The van der Waals surface area contributed by atoms with Gasteiger partial charge in [-0.15, -0.1) is 11.3 Å². The molecule has 0 unspecified atom stereocenters. The van der Waals surface area contributed by atoms with E-state index in [1.807, 2.05) is 31.0 Å². The fraction of sp³-hybridized carbons (Fsp3) is 0.474. The van der Waals surface area contributed by atoms with E-state index in [0.29, 0.717) is 5.92 Å². The van der Waals surface area contributed by atoms with Crippen LogP contribution in [0.4, 0.5) is 0 Å². The molecule has 0 amide bonds. The second-order valence-corrected chi connectivity index (χ2v) is 8.03. The van der Waals surface area contributed by atoms with E-state index in [1.165, 1.54) is 23.4 Å². The SMILES string of the molecule is Cc1cnc(-c2cnc(CC3CCN(Cc4scnc4C)CC3)cn2)[nH]1. The molecule has 0 aliphatic carbocycles. The molecule has 0 bridgehead atoms. The minimum atomic E-state index is 0.694. The number of H-pyrrole nitrogens is 1. The number of imidazole rings is 1. The molecule has 3 aromatic heterocycles. The molecule has 0 radical (unpaired) electrons. The molecule has 4 rings (SSSR count). The Labute approximate surface area is 157 Å². The van der Waals surface area contributed by atoms with E-state index in [9.17, 15) is 0 Å². The average Bonchev–Trinajstić information content (AvgIpc) is 3.26. The van der Waals surface area contributed by atoms with Gasteiger partial charge in [0, 0.05) is 29.5 Å². The van der Waals surface area contributed by atoms with Gasteiger partial charge in [0.15, 0.2) is 5.82 Å². The van der Waals surface area contributed by atoms with Gasteiger partial charge in [-0.25, -0.2) is 15.0 Å². The van der Waals surface area contributed by atoms with Crippen LogP contribution in [0.5, 0.6) is 0 Å². The number of hydrogen-bond donors (Lipinski definition) is 1. The standard InChI is InChI=1S/C19H24N6S/c1-13-8-22-19(24-13)17-10-20-16(9-21-17)7-15-3-5-25(6-4-15)11-18-14(2)23-12-26-18/h8-10,12,15H,3-7,11H2,1-2H3,(H,22,24). The first-order valence-corrected chi connectivity index (χ1v) is 9.99. The van der Waals surface area contributed by atoms with E-state index in [-0.39, 0.29) is 0 Å². The number of hydrogen-bond acceptors (Lipinski definition) is 6. The van der Waals surface area contributed by atoms with Crippen molar-refractivity contribution in [2.75, 3.05) is 13.1 Å². The lowest BCUT2D eigenvalue weighted by Crippen LogP contribution is -2.33. The van der Waals surface area contributed by atoms with Crippen molar-refractivity contribution in [2.24, 2.45) is 5.92 Å². The molecule has 26 heavy (non-hydrogen) atoms. The van der Waals surface area contributed by atoms with E-state index < -0.39 is 0 Å². The van der Waals surface area contributed by atoms with Gasteiger partial charge in [-0.2, -0.15) is 0 Å². The van der Waals surface area contributed by atoms with Crippen LogP contribution in [0.25, 0.3) is 11.5 Å². The number of likely N-dealkylation sites (tertiary alicyclic amines) is 1. The van der Waals surface area contributed by atoms with Crippen LogP contribution in [0.3, 0.4) is 0 Å². The summed E-state index contributed by atoms with van der Waals surface area (Å²) in [5.74, 6) is 1.48. The Morgan fingerprint density at radius 1 is 1.08 bits per heavy atom. The molecule has 6 nitrogen and oxygen atoms in total. The minimum absolute atomic E-state index is 0.694. The lowest BCUT2D eigenvalue weighted by Gasteiger charge is -2.31. The first-order chi connectivity index (χ1) is 12.7. The van der Waals surface area contributed by atoms with E-state index in [0.717, 1.165) is 49.0 Å². The van der Waals surface area contributed by atoms with Gasteiger partial charge in [-0.3, -0.25) is 9.88 Å². The highest BCUT2D eigenvalue weighted by molar-refractivity contribution is 7.09. The van der Waals surface area contributed by atoms with E-state index in [2.05, 4.69) is 36.7 Å². The summed E-state index contributed by atoms with van der Waals surface area (Å²) in [5.41, 5.74) is 6.04. The number of thiazole rings is 1. The zero-order valence-corrected chi connectivity index (χ0v) is 16.1. The summed E-state index contributed by atoms with van der Waals surface area (Å²) in [6.07, 6.45) is 9.00. The molecule has 7 heteroatoms. The Kier molecular flexibility index (Phi) is 5.08. The van der Waals surface area contributed by atoms with E-state index in [1.54, 1.807) is 11.3 Å². The quantitative estimate of drug-likeness (QED) is 0.747. The molecule has 136 valence electrons. The topological polar surface area (TPSA) is 70.6 Å². The molecule has 1 fully saturated rings. The Hall–Kier alpha value is -2.12. The van der Waals surface area contributed by atoms with Crippen molar-refractivity contribution in [3.05, 3.63) is 46.1 Å². The van der Waals surface area contributed by atoms with Gasteiger partial charge in [-0.1, -0.05) is 0 Å². The van der Waals surface area contributed by atoms with Gasteiger partial charge in [0.2, 0.25) is 0 Å². The second-order valence-electron chi connectivity index (χ2n) is 7.09. The van der Waals surface area contributed by atoms with Crippen molar-refractivity contribution in [2.45, 2.75) is 39.7 Å². The van der Waals surface area contributed by atoms with Crippen LogP contribution in [0.1, 0.15) is 34.8 Å². The maximum Gasteiger partial charge on any atom is 0.157 e. The monoisotopic (exact) mass is 368 g/mol. The van der Waals surface area contributed by atoms with Gasteiger partial charge < -0.3 is 4.98 Å². The molecule has 0 spiro atoms. The molecular formula is C19H24N6S. The predicted octanol–water partition coefficient (Wildman–Crippen LogP) is 3.39. The predicted molar refractivity (Wildman–Crippen MR) is 103 cm³/mol. The zero-order chi connectivity index (χ0) is 17.9. The number of aryl methyl sites for hydroxylation is 2. The van der Waals surface area contributed by atoms with Crippen LogP contribution >= 0.6 is 11.3 Å². The first-order valence-electron chi connectivity index (χ1n) is 9.11. The summed E-state index contributed by atoms with van der Waals surface area (Å²) in [6.45, 7) is 7.44. The van der Waals surface area contributed by atoms with Crippen LogP contribution in [-0.4, -0.2) is 42.9 Å². The molecule has 4 heterocycles. The molecule has 1 saturated heterocycles. The summed E-state index contributed by atoms with van der Waals surface area (Å²) >= 11 is 1.77. The van der Waals surface area contributed by atoms with Gasteiger partial charge in [0.05, 0.1) is 23.1 Å². The number of aromatic amines is 1. The van der Waals surface area contributed by atoms with Crippen molar-refractivity contribution >= 4 is 11.3 Å². The highest BCUT2D eigenvalue weighted by atomic mass is 32.1. The Morgan fingerprint density at radius 3 is 2.54 bits per heavy atom. The zero-order valence-electron chi connectivity index (χ0n) is 15.3. The number of nitrogens with zero attached hydrogens (tertiary/aromatic N) is 5. The van der Waals surface area contributed by atoms with Crippen LogP contribution in [0, 0.1) is 19.8 Å². The normalized spacial score (nSPS) is 16.2. The van der Waals surface area contributed by atoms with Crippen molar-refractivity contribution in [1.82, 2.24) is 29.8 Å². The number of nitrogens with one attached hydrogen (secondary N) is 1. The summed E-state index contributed by atoms with van der Waals surface area (Å²) in [6, 6.07) is 0. The molecule has 0 saturated carbocycles. The lowest BCUT2D eigenvalue weighted by atomic mass is 9.92. The fourth-order valence-corrected chi connectivity index (χ4v) is 4.27. The minimum Gasteiger partial charge on any atom is -0.341 e. The molecule has 1 aliphatic rings. The van der Waals surface area contributed by atoms with Crippen molar-refractivity contribution in [3.63, 3.8) is 0 Å². The second kappa shape index (κ2) is 7.63. The van der Waals surface area contributed by atoms with Gasteiger partial charge in [-0.05, 0) is 52.1 Å². The third-order valence-corrected chi connectivity index (χ3v) is 5.99. The maximum absolute atomic E-state index is 4.61. The van der Waals surface area contributed by atoms with Crippen molar-refractivity contribution < 1.29 is 0 Å². The highest BCUT2D eigenvalue weighted by Crippen LogP contribution is 2.24. The summed E-state index contributed by atoms with van der Waals surface area (Å²) in [4.78, 5) is 24.9. The highest BCUT2D eigenvalue weighted by Gasteiger charge is 2.21. The fourth-order valence-electron chi connectivity index (χ4n) is 3.45. The van der Waals surface area contributed by atoms with Crippen molar-refractivity contribution in [3.8, 4) is 11.5 Å². The average molecular weight is 369 g/mol.